The molecule has 6 heteroatoms. The third kappa shape index (κ3) is 5.22. The Balaban J connectivity index is 1.78. The number of carbonyl (C=O) groups excluding carboxylic acids is 2. The van der Waals surface area contributed by atoms with Gasteiger partial charge in [-0.15, -0.1) is 0 Å². The summed E-state index contributed by atoms with van der Waals surface area (Å²) < 4.78 is 5.61. The van der Waals surface area contributed by atoms with Gasteiger partial charge in [0.05, 0.1) is 11.7 Å². The molecule has 2 saturated heterocycles. The summed E-state index contributed by atoms with van der Waals surface area (Å²) in [4.78, 5) is 27.2. The Labute approximate surface area is 161 Å². The summed E-state index contributed by atoms with van der Waals surface area (Å²) in [6, 6.07) is 5.65. The van der Waals surface area contributed by atoms with Crippen molar-refractivity contribution in [3.8, 4) is 0 Å². The molecular weight excluding hydrogens is 342 g/mol. The molecule has 0 bridgehead atoms. The maximum atomic E-state index is 12.9. The number of ether oxygens (including phenoxy) is 1. The zero-order valence-corrected chi connectivity index (χ0v) is 16.4. The van der Waals surface area contributed by atoms with Gasteiger partial charge in [-0.05, 0) is 50.3 Å². The van der Waals surface area contributed by atoms with Crippen molar-refractivity contribution in [3.05, 3.63) is 23.8 Å². The van der Waals surface area contributed by atoms with Gasteiger partial charge < -0.3 is 20.3 Å². The topological polar surface area (TPSA) is 70.7 Å². The molecule has 2 fully saturated rings. The van der Waals surface area contributed by atoms with E-state index in [1.54, 1.807) is 6.07 Å². The second-order valence-electron chi connectivity index (χ2n) is 7.77. The first-order valence-corrected chi connectivity index (χ1v) is 10.1. The van der Waals surface area contributed by atoms with E-state index in [0.717, 1.165) is 51.1 Å². The Morgan fingerprint density at radius 3 is 2.63 bits per heavy atom. The van der Waals surface area contributed by atoms with E-state index in [0.29, 0.717) is 17.8 Å². The predicted molar refractivity (Wildman–Crippen MR) is 107 cm³/mol. The van der Waals surface area contributed by atoms with E-state index >= 15 is 0 Å². The Bertz CT molecular complexity index is 663. The molecule has 0 unspecified atom stereocenters. The smallest absolute Gasteiger partial charge is 0.253 e. The van der Waals surface area contributed by atoms with E-state index < -0.39 is 0 Å². The third-order valence-electron chi connectivity index (χ3n) is 5.24. The van der Waals surface area contributed by atoms with Gasteiger partial charge in [0.25, 0.3) is 5.91 Å². The van der Waals surface area contributed by atoms with Crippen LogP contribution >= 0.6 is 0 Å². The molecule has 27 heavy (non-hydrogen) atoms. The summed E-state index contributed by atoms with van der Waals surface area (Å²) in [6.07, 6.45) is 5.67. The molecule has 6 nitrogen and oxygen atoms in total. The number of rotatable bonds is 6. The average Bonchev–Trinajstić information content (AvgIpc) is 3.20. The maximum absolute atomic E-state index is 12.9. The minimum absolute atomic E-state index is 0.0496. The van der Waals surface area contributed by atoms with Crippen molar-refractivity contribution in [3.63, 3.8) is 0 Å². The Morgan fingerprint density at radius 2 is 1.96 bits per heavy atom. The predicted octanol–water partition coefficient (Wildman–Crippen LogP) is 3.18. The fraction of sp³-hybridized carbons (Fsp3) is 0.619. The van der Waals surface area contributed by atoms with Crippen LogP contribution in [0.25, 0.3) is 0 Å². The fourth-order valence-electron chi connectivity index (χ4n) is 3.60. The van der Waals surface area contributed by atoms with Crippen LogP contribution in [0.2, 0.25) is 0 Å². The summed E-state index contributed by atoms with van der Waals surface area (Å²) in [5, 5.41) is 5.92. The molecule has 0 aromatic heterocycles. The lowest BCUT2D eigenvalue weighted by Gasteiger charge is -2.30. The molecule has 1 aromatic rings. The highest BCUT2D eigenvalue weighted by molar-refractivity contribution is 6.02. The van der Waals surface area contributed by atoms with Crippen LogP contribution in [-0.4, -0.2) is 44.2 Å². The molecule has 2 aliphatic heterocycles. The van der Waals surface area contributed by atoms with Crippen LogP contribution in [0.4, 0.5) is 11.4 Å². The van der Waals surface area contributed by atoms with Crippen molar-refractivity contribution < 1.29 is 14.3 Å². The molecule has 2 N–H and O–H groups in total. The van der Waals surface area contributed by atoms with Gasteiger partial charge in [0.15, 0.2) is 0 Å². The molecule has 148 valence electrons. The molecule has 0 aliphatic carbocycles. The minimum Gasteiger partial charge on any atom is -0.376 e. The SMILES string of the molecule is CC(C)C(=O)Nc1ccc(N2CCCCC2)c(C(=O)NC[C@H]2CCCO2)c1. The molecule has 1 aromatic carbocycles. The van der Waals surface area contributed by atoms with Crippen molar-refractivity contribution in [1.82, 2.24) is 5.32 Å². The number of amides is 2. The number of anilines is 2. The minimum atomic E-state index is -0.108. The number of piperidine rings is 1. The summed E-state index contributed by atoms with van der Waals surface area (Å²) in [7, 11) is 0. The standard InChI is InChI=1S/C21H31N3O3/c1-15(2)20(25)23-16-8-9-19(24-10-4-3-5-11-24)18(13-16)21(26)22-14-17-7-6-12-27-17/h8-9,13,15,17H,3-7,10-12,14H2,1-2H3,(H,22,26)(H,23,25)/t17-/m1/s1. The van der Waals surface area contributed by atoms with Crippen LogP contribution in [0.5, 0.6) is 0 Å². The van der Waals surface area contributed by atoms with Crippen LogP contribution in [0.1, 0.15) is 56.3 Å². The zero-order chi connectivity index (χ0) is 19.2. The zero-order valence-electron chi connectivity index (χ0n) is 16.4. The van der Waals surface area contributed by atoms with Crippen LogP contribution in [-0.2, 0) is 9.53 Å². The highest BCUT2D eigenvalue weighted by atomic mass is 16.5. The maximum Gasteiger partial charge on any atom is 0.253 e. The van der Waals surface area contributed by atoms with Gasteiger partial charge in [-0.25, -0.2) is 0 Å². The lowest BCUT2D eigenvalue weighted by Crippen LogP contribution is -2.35. The summed E-state index contributed by atoms with van der Waals surface area (Å²) >= 11 is 0. The van der Waals surface area contributed by atoms with Gasteiger partial charge in [0.1, 0.15) is 0 Å². The number of carbonyl (C=O) groups is 2. The number of hydrogen-bond acceptors (Lipinski definition) is 4. The molecule has 2 heterocycles. The van der Waals surface area contributed by atoms with Crippen LogP contribution < -0.4 is 15.5 Å². The Hall–Kier alpha value is -2.08. The first-order valence-electron chi connectivity index (χ1n) is 10.1. The van der Waals surface area contributed by atoms with E-state index in [1.165, 1.54) is 6.42 Å². The lowest BCUT2D eigenvalue weighted by molar-refractivity contribution is -0.118. The van der Waals surface area contributed by atoms with Crippen molar-refractivity contribution in [2.24, 2.45) is 5.92 Å². The molecule has 0 radical (unpaired) electrons. The van der Waals surface area contributed by atoms with E-state index in [-0.39, 0.29) is 23.8 Å². The summed E-state index contributed by atoms with van der Waals surface area (Å²) in [5.74, 6) is -0.262. The largest absolute Gasteiger partial charge is 0.376 e. The Kier molecular flexibility index (Phi) is 6.72. The molecule has 3 rings (SSSR count). The van der Waals surface area contributed by atoms with Gasteiger partial charge in [0, 0.05) is 43.5 Å². The highest BCUT2D eigenvalue weighted by Crippen LogP contribution is 2.27. The normalized spacial score (nSPS) is 20.0. The first kappa shape index (κ1) is 19.7. The highest BCUT2D eigenvalue weighted by Gasteiger charge is 2.22. The number of nitrogens with one attached hydrogen (secondary N) is 2. The van der Waals surface area contributed by atoms with Gasteiger partial charge >= 0.3 is 0 Å². The van der Waals surface area contributed by atoms with Crippen molar-refractivity contribution in [2.45, 2.75) is 52.1 Å². The average molecular weight is 373 g/mol. The first-order chi connectivity index (χ1) is 13.0. The second kappa shape index (κ2) is 9.22. The van der Waals surface area contributed by atoms with E-state index in [4.69, 9.17) is 4.74 Å². The fourth-order valence-corrected chi connectivity index (χ4v) is 3.60. The molecular formula is C21H31N3O3. The molecule has 0 saturated carbocycles. The second-order valence-corrected chi connectivity index (χ2v) is 7.77. The number of benzene rings is 1. The number of nitrogens with zero attached hydrogens (tertiary/aromatic N) is 1. The third-order valence-corrected chi connectivity index (χ3v) is 5.24. The van der Waals surface area contributed by atoms with Crippen LogP contribution in [0, 0.1) is 5.92 Å². The van der Waals surface area contributed by atoms with Gasteiger partial charge in [0.2, 0.25) is 5.91 Å². The monoisotopic (exact) mass is 373 g/mol. The van der Waals surface area contributed by atoms with Crippen molar-refractivity contribution in [1.29, 1.82) is 0 Å². The van der Waals surface area contributed by atoms with Crippen molar-refractivity contribution >= 4 is 23.2 Å². The summed E-state index contributed by atoms with van der Waals surface area (Å²) in [5.41, 5.74) is 2.23. The Morgan fingerprint density at radius 1 is 1.19 bits per heavy atom. The van der Waals surface area contributed by atoms with E-state index in [2.05, 4.69) is 15.5 Å². The molecule has 1 atom stereocenters. The molecule has 0 spiro atoms. The van der Waals surface area contributed by atoms with Crippen LogP contribution in [0.15, 0.2) is 18.2 Å². The molecule has 2 aliphatic rings. The van der Waals surface area contributed by atoms with Gasteiger partial charge in [-0.2, -0.15) is 0 Å². The van der Waals surface area contributed by atoms with Crippen molar-refractivity contribution in [2.75, 3.05) is 36.5 Å². The van der Waals surface area contributed by atoms with Gasteiger partial charge in [-0.3, -0.25) is 9.59 Å². The van der Waals surface area contributed by atoms with Gasteiger partial charge in [-0.1, -0.05) is 13.8 Å². The lowest BCUT2D eigenvalue weighted by atomic mass is 10.1. The number of hydrogen-bond donors (Lipinski definition) is 2. The molecule has 2 amide bonds. The van der Waals surface area contributed by atoms with E-state index in [9.17, 15) is 9.59 Å². The quantitative estimate of drug-likeness (QED) is 0.803. The van der Waals surface area contributed by atoms with E-state index in [1.807, 2.05) is 26.0 Å². The van der Waals surface area contributed by atoms with Crippen LogP contribution in [0.3, 0.4) is 0 Å². The summed E-state index contributed by atoms with van der Waals surface area (Å²) in [6.45, 7) is 6.93.